The molecule has 7 heteroatoms. The third-order valence-electron chi connectivity index (χ3n) is 2.27. The molecule has 0 amide bonds. The smallest absolute Gasteiger partial charge is 0.303 e. The molecule has 1 aromatic carbocycles. The third kappa shape index (κ3) is 4.46. The molecule has 100 valence electrons. The van der Waals surface area contributed by atoms with Crippen LogP contribution in [-0.2, 0) is 4.79 Å². The van der Waals surface area contributed by atoms with Gasteiger partial charge in [-0.25, -0.2) is 0 Å². The van der Waals surface area contributed by atoms with Crippen LogP contribution >= 0.6 is 23.2 Å². The fourth-order valence-corrected chi connectivity index (χ4v) is 1.60. The molecule has 0 heterocycles. The summed E-state index contributed by atoms with van der Waals surface area (Å²) in [4.78, 5) is 44.2. The molecule has 0 saturated carbocycles. The molecule has 0 saturated heterocycles. The van der Waals surface area contributed by atoms with Crippen molar-refractivity contribution in [1.29, 1.82) is 0 Å². The van der Waals surface area contributed by atoms with Crippen LogP contribution in [0.3, 0.4) is 0 Å². The van der Waals surface area contributed by atoms with Gasteiger partial charge in [0.25, 0.3) is 10.5 Å². The van der Waals surface area contributed by atoms with Gasteiger partial charge in [0, 0.05) is 23.1 Å². The van der Waals surface area contributed by atoms with Gasteiger partial charge in [-0.05, 0) is 41.4 Å². The molecule has 19 heavy (non-hydrogen) atoms. The standard InChI is InChI=1S/C12H8Cl2O5/c13-11(18)7-3-6(4-8(5-7)12(14)19)9(15)1-2-10(16)17/h3-5H,1-2H2,(H,16,17). The second-order valence-corrected chi connectivity index (χ2v) is 4.35. The van der Waals surface area contributed by atoms with Crippen molar-refractivity contribution in [2.75, 3.05) is 0 Å². The Morgan fingerprint density at radius 1 is 0.842 bits per heavy atom. The summed E-state index contributed by atoms with van der Waals surface area (Å²) in [7, 11) is 0. The van der Waals surface area contributed by atoms with E-state index in [4.69, 9.17) is 28.3 Å². The first-order chi connectivity index (χ1) is 8.81. The highest BCUT2D eigenvalue weighted by molar-refractivity contribution is 6.69. The highest BCUT2D eigenvalue weighted by Crippen LogP contribution is 2.16. The van der Waals surface area contributed by atoms with E-state index in [0.717, 1.165) is 0 Å². The first-order valence-corrected chi connectivity index (χ1v) is 5.86. The number of Topliss-reactive ketones (excluding diaryl/α,β-unsaturated/α-hetero) is 1. The Morgan fingerprint density at radius 2 is 1.26 bits per heavy atom. The number of hydrogen-bond acceptors (Lipinski definition) is 4. The molecule has 0 aliphatic carbocycles. The number of rotatable bonds is 6. The van der Waals surface area contributed by atoms with Crippen LogP contribution in [0.25, 0.3) is 0 Å². The lowest BCUT2D eigenvalue weighted by Gasteiger charge is -2.04. The van der Waals surface area contributed by atoms with E-state index in [9.17, 15) is 19.2 Å². The first kappa shape index (κ1) is 15.3. The Hall–Kier alpha value is -1.72. The molecule has 0 spiro atoms. The predicted octanol–water partition coefficient (Wildman–Crippen LogP) is 2.49. The van der Waals surface area contributed by atoms with E-state index in [1.807, 2.05) is 0 Å². The highest BCUT2D eigenvalue weighted by Gasteiger charge is 2.15. The molecule has 0 radical (unpaired) electrons. The van der Waals surface area contributed by atoms with E-state index in [0.29, 0.717) is 0 Å². The van der Waals surface area contributed by atoms with Crippen LogP contribution in [-0.4, -0.2) is 27.3 Å². The summed E-state index contributed by atoms with van der Waals surface area (Å²) >= 11 is 10.6. The van der Waals surface area contributed by atoms with Gasteiger partial charge in [-0.1, -0.05) is 0 Å². The summed E-state index contributed by atoms with van der Waals surface area (Å²) in [6, 6.07) is 3.56. The SMILES string of the molecule is O=C(O)CCC(=O)c1cc(C(=O)Cl)cc(C(=O)Cl)c1. The Morgan fingerprint density at radius 3 is 1.63 bits per heavy atom. The van der Waals surface area contributed by atoms with Gasteiger partial charge in [0.05, 0.1) is 6.42 Å². The van der Waals surface area contributed by atoms with Crippen LogP contribution in [0.1, 0.15) is 43.9 Å². The topological polar surface area (TPSA) is 88.5 Å². The van der Waals surface area contributed by atoms with Crippen molar-refractivity contribution in [3.05, 3.63) is 34.9 Å². The van der Waals surface area contributed by atoms with Crippen molar-refractivity contribution in [1.82, 2.24) is 0 Å². The summed E-state index contributed by atoms with van der Waals surface area (Å²) in [6.45, 7) is 0. The number of carboxylic acid groups (broad SMARTS) is 1. The number of ketones is 1. The summed E-state index contributed by atoms with van der Waals surface area (Å²) in [6.07, 6.45) is -0.590. The lowest BCUT2D eigenvalue weighted by molar-refractivity contribution is -0.136. The van der Waals surface area contributed by atoms with Crippen LogP contribution in [0.2, 0.25) is 0 Å². The maximum atomic E-state index is 11.7. The lowest BCUT2D eigenvalue weighted by atomic mass is 10.0. The molecule has 0 aromatic heterocycles. The minimum atomic E-state index is -1.12. The summed E-state index contributed by atoms with van der Waals surface area (Å²) in [5.41, 5.74) is -0.0737. The number of benzene rings is 1. The third-order valence-corrected chi connectivity index (χ3v) is 2.71. The first-order valence-electron chi connectivity index (χ1n) is 5.11. The average molecular weight is 303 g/mol. The second-order valence-electron chi connectivity index (χ2n) is 3.66. The van der Waals surface area contributed by atoms with Crippen molar-refractivity contribution >= 4 is 45.4 Å². The van der Waals surface area contributed by atoms with Gasteiger partial charge in [0.2, 0.25) is 0 Å². The van der Waals surface area contributed by atoms with Crippen LogP contribution in [0.15, 0.2) is 18.2 Å². The number of carbonyl (C=O) groups excluding carboxylic acids is 3. The fraction of sp³-hybridized carbons (Fsp3) is 0.167. The molecule has 0 aliphatic heterocycles. The molecule has 0 atom stereocenters. The van der Waals surface area contributed by atoms with E-state index < -0.39 is 22.2 Å². The van der Waals surface area contributed by atoms with Gasteiger partial charge >= 0.3 is 5.97 Å². The van der Waals surface area contributed by atoms with Gasteiger partial charge in [0.15, 0.2) is 5.78 Å². The quantitative estimate of drug-likeness (QED) is 0.644. The molecular weight excluding hydrogens is 295 g/mol. The molecule has 1 N–H and O–H groups in total. The van der Waals surface area contributed by atoms with Crippen LogP contribution in [0.5, 0.6) is 0 Å². The zero-order valence-corrected chi connectivity index (χ0v) is 11.0. The number of hydrogen-bond donors (Lipinski definition) is 1. The molecular formula is C12H8Cl2O5. The molecule has 0 aliphatic rings. The van der Waals surface area contributed by atoms with Crippen LogP contribution in [0.4, 0.5) is 0 Å². The molecule has 0 unspecified atom stereocenters. The molecule has 0 bridgehead atoms. The van der Waals surface area contributed by atoms with E-state index in [2.05, 4.69) is 0 Å². The van der Waals surface area contributed by atoms with Crippen molar-refractivity contribution in [3.8, 4) is 0 Å². The summed E-state index contributed by atoms with van der Waals surface area (Å²) in [5.74, 6) is -1.63. The predicted molar refractivity (Wildman–Crippen MR) is 68.0 cm³/mol. The minimum absolute atomic E-state index is 0.0248. The van der Waals surface area contributed by atoms with E-state index in [-0.39, 0.29) is 29.5 Å². The van der Waals surface area contributed by atoms with E-state index >= 15 is 0 Å². The molecule has 0 fully saturated rings. The van der Waals surface area contributed by atoms with Gasteiger partial charge in [0.1, 0.15) is 0 Å². The minimum Gasteiger partial charge on any atom is -0.481 e. The summed E-state index contributed by atoms with van der Waals surface area (Å²) in [5, 5.41) is 6.81. The molecule has 1 rings (SSSR count). The average Bonchev–Trinajstić information content (AvgIpc) is 2.35. The number of halogens is 2. The Bertz CT molecular complexity index is 533. The van der Waals surface area contributed by atoms with Gasteiger partial charge in [-0.3, -0.25) is 19.2 Å². The number of carboxylic acids is 1. The lowest BCUT2D eigenvalue weighted by Crippen LogP contribution is -2.06. The molecule has 1 aromatic rings. The highest BCUT2D eigenvalue weighted by atomic mass is 35.5. The monoisotopic (exact) mass is 302 g/mol. The zero-order valence-electron chi connectivity index (χ0n) is 9.48. The van der Waals surface area contributed by atoms with Crippen molar-refractivity contribution in [2.24, 2.45) is 0 Å². The normalized spacial score (nSPS) is 10.0. The maximum Gasteiger partial charge on any atom is 0.303 e. The Labute approximate surface area is 118 Å². The van der Waals surface area contributed by atoms with Crippen LogP contribution < -0.4 is 0 Å². The fourth-order valence-electron chi connectivity index (χ4n) is 1.38. The van der Waals surface area contributed by atoms with Crippen molar-refractivity contribution < 1.29 is 24.3 Å². The van der Waals surface area contributed by atoms with E-state index in [1.165, 1.54) is 18.2 Å². The van der Waals surface area contributed by atoms with Gasteiger partial charge in [-0.2, -0.15) is 0 Å². The zero-order chi connectivity index (χ0) is 14.6. The summed E-state index contributed by atoms with van der Waals surface area (Å²) < 4.78 is 0. The second kappa shape index (κ2) is 6.45. The molecule has 5 nitrogen and oxygen atoms in total. The van der Waals surface area contributed by atoms with Crippen molar-refractivity contribution in [2.45, 2.75) is 12.8 Å². The van der Waals surface area contributed by atoms with Crippen LogP contribution in [0, 0.1) is 0 Å². The number of carbonyl (C=O) groups is 4. The van der Waals surface area contributed by atoms with Gasteiger partial charge < -0.3 is 5.11 Å². The largest absolute Gasteiger partial charge is 0.481 e. The van der Waals surface area contributed by atoms with Crippen molar-refractivity contribution in [3.63, 3.8) is 0 Å². The Kier molecular flexibility index (Phi) is 5.20. The number of aliphatic carboxylic acids is 1. The maximum absolute atomic E-state index is 11.7. The van der Waals surface area contributed by atoms with Gasteiger partial charge in [-0.15, -0.1) is 0 Å². The van der Waals surface area contributed by atoms with E-state index in [1.54, 1.807) is 0 Å². The Balaban J connectivity index is 3.12.